The maximum Gasteiger partial charge on any atom is 0.224 e. The Morgan fingerprint density at radius 2 is 2.24 bits per heavy atom. The third kappa shape index (κ3) is 2.83. The predicted molar refractivity (Wildman–Crippen MR) is 86.7 cm³/mol. The number of rotatable bonds is 3. The number of anilines is 3. The molecule has 1 unspecified atom stereocenters. The van der Waals surface area contributed by atoms with Crippen LogP contribution in [0, 0.1) is 0 Å². The molecule has 21 heavy (non-hydrogen) atoms. The lowest BCUT2D eigenvalue weighted by atomic mass is 10.0. The van der Waals surface area contributed by atoms with Crippen molar-refractivity contribution in [3.05, 3.63) is 17.7 Å². The minimum absolute atomic E-state index is 0.0939. The summed E-state index contributed by atoms with van der Waals surface area (Å²) in [5, 5.41) is 2.95. The molecule has 2 aliphatic heterocycles. The molecule has 114 valence electrons. The van der Waals surface area contributed by atoms with E-state index in [1.54, 1.807) is 0 Å². The number of carbonyl (C=O) groups is 1. The fraction of sp³-hybridized carbons (Fsp3) is 0.562. The number of nitrogens with one attached hydrogen (secondary N) is 1. The average molecular weight is 288 g/mol. The Bertz CT molecular complexity index is 557. The summed E-state index contributed by atoms with van der Waals surface area (Å²) in [5.41, 5.74) is 10.1. The van der Waals surface area contributed by atoms with Gasteiger partial charge in [0.15, 0.2) is 0 Å². The van der Waals surface area contributed by atoms with E-state index in [1.807, 2.05) is 12.1 Å². The zero-order chi connectivity index (χ0) is 15.0. The molecule has 0 spiro atoms. The smallest absolute Gasteiger partial charge is 0.224 e. The van der Waals surface area contributed by atoms with E-state index in [1.165, 1.54) is 19.4 Å². The first kappa shape index (κ1) is 14.2. The van der Waals surface area contributed by atoms with Gasteiger partial charge in [0.2, 0.25) is 5.91 Å². The Morgan fingerprint density at radius 1 is 1.43 bits per heavy atom. The fourth-order valence-electron chi connectivity index (χ4n) is 3.39. The Labute approximate surface area is 126 Å². The average Bonchev–Trinajstić information content (AvgIpc) is 2.84. The van der Waals surface area contributed by atoms with Gasteiger partial charge in [0.1, 0.15) is 0 Å². The molecule has 1 amide bonds. The summed E-state index contributed by atoms with van der Waals surface area (Å²) >= 11 is 0. The van der Waals surface area contributed by atoms with Gasteiger partial charge in [0.05, 0.1) is 11.4 Å². The molecule has 2 aliphatic rings. The molecule has 1 fully saturated rings. The van der Waals surface area contributed by atoms with Crippen molar-refractivity contribution in [3.8, 4) is 0 Å². The molecule has 0 radical (unpaired) electrons. The van der Waals surface area contributed by atoms with E-state index >= 15 is 0 Å². The van der Waals surface area contributed by atoms with Crippen molar-refractivity contribution < 1.29 is 4.79 Å². The first-order valence-corrected chi connectivity index (χ1v) is 7.68. The highest BCUT2D eigenvalue weighted by Gasteiger charge is 2.24. The highest BCUT2D eigenvalue weighted by Crippen LogP contribution is 2.33. The SMILES string of the molecule is CN(CC1CCCN1C)c1cc2c(cc1N)CCC(=O)N2. The van der Waals surface area contributed by atoms with Gasteiger partial charge in [0, 0.05) is 31.7 Å². The standard InChI is InChI=1S/C16H24N4O/c1-19-7-3-4-12(19)10-20(2)15-9-14-11(8-13(15)17)5-6-16(21)18-14/h8-9,12H,3-7,10,17H2,1-2H3,(H,18,21). The molecule has 0 saturated carbocycles. The quantitative estimate of drug-likeness (QED) is 0.831. The summed E-state index contributed by atoms with van der Waals surface area (Å²) in [4.78, 5) is 16.2. The molecule has 3 rings (SSSR count). The number of hydrogen-bond donors (Lipinski definition) is 2. The summed E-state index contributed by atoms with van der Waals surface area (Å²) in [5.74, 6) is 0.0939. The van der Waals surface area contributed by atoms with Crippen molar-refractivity contribution in [1.29, 1.82) is 0 Å². The topological polar surface area (TPSA) is 61.6 Å². The summed E-state index contributed by atoms with van der Waals surface area (Å²) < 4.78 is 0. The molecule has 0 aliphatic carbocycles. The van der Waals surface area contributed by atoms with Crippen LogP contribution in [0.1, 0.15) is 24.8 Å². The number of fused-ring (bicyclic) bond motifs is 1. The molecule has 1 aromatic carbocycles. The van der Waals surface area contributed by atoms with E-state index in [2.05, 4.69) is 29.2 Å². The van der Waals surface area contributed by atoms with Crippen LogP contribution in [0.5, 0.6) is 0 Å². The van der Waals surface area contributed by atoms with E-state index in [-0.39, 0.29) is 5.91 Å². The number of likely N-dealkylation sites (tertiary alicyclic amines) is 1. The Balaban J connectivity index is 1.81. The number of nitrogens with zero attached hydrogens (tertiary/aromatic N) is 2. The van der Waals surface area contributed by atoms with E-state index in [9.17, 15) is 4.79 Å². The van der Waals surface area contributed by atoms with E-state index in [0.717, 1.165) is 35.6 Å². The zero-order valence-electron chi connectivity index (χ0n) is 12.9. The molecule has 2 heterocycles. The normalized spacial score (nSPS) is 22.0. The number of likely N-dealkylation sites (N-methyl/N-ethyl adjacent to an activating group) is 2. The second-order valence-corrected chi connectivity index (χ2v) is 6.27. The summed E-state index contributed by atoms with van der Waals surface area (Å²) in [6, 6.07) is 4.62. The number of amides is 1. The number of benzene rings is 1. The molecule has 1 atom stereocenters. The van der Waals surface area contributed by atoms with E-state index in [0.29, 0.717) is 12.5 Å². The lowest BCUT2D eigenvalue weighted by molar-refractivity contribution is -0.116. The Morgan fingerprint density at radius 3 is 2.95 bits per heavy atom. The van der Waals surface area contributed by atoms with Crippen molar-refractivity contribution >= 4 is 23.0 Å². The lowest BCUT2D eigenvalue weighted by Gasteiger charge is -2.29. The molecular weight excluding hydrogens is 264 g/mol. The second kappa shape index (κ2) is 5.56. The summed E-state index contributed by atoms with van der Waals surface area (Å²) in [6.45, 7) is 2.14. The zero-order valence-corrected chi connectivity index (χ0v) is 12.9. The van der Waals surface area contributed by atoms with Gasteiger partial charge < -0.3 is 20.9 Å². The predicted octanol–water partition coefficient (Wildman–Crippen LogP) is 1.68. The van der Waals surface area contributed by atoms with Crippen molar-refractivity contribution in [2.45, 2.75) is 31.7 Å². The third-order valence-corrected chi connectivity index (χ3v) is 4.72. The molecular formula is C16H24N4O. The van der Waals surface area contributed by atoms with Crippen molar-refractivity contribution in [3.63, 3.8) is 0 Å². The van der Waals surface area contributed by atoms with Gasteiger partial charge in [-0.15, -0.1) is 0 Å². The minimum atomic E-state index is 0.0939. The number of nitrogen functional groups attached to an aromatic ring is 1. The van der Waals surface area contributed by atoms with Gasteiger partial charge in [-0.2, -0.15) is 0 Å². The molecule has 3 N–H and O–H groups in total. The van der Waals surface area contributed by atoms with Crippen molar-refractivity contribution in [1.82, 2.24) is 4.90 Å². The van der Waals surface area contributed by atoms with Crippen LogP contribution in [-0.4, -0.2) is 44.0 Å². The van der Waals surface area contributed by atoms with Gasteiger partial charge in [-0.3, -0.25) is 4.79 Å². The van der Waals surface area contributed by atoms with Crippen molar-refractivity contribution in [2.24, 2.45) is 0 Å². The van der Waals surface area contributed by atoms with E-state index in [4.69, 9.17) is 5.73 Å². The van der Waals surface area contributed by atoms with Crippen LogP contribution in [0.4, 0.5) is 17.1 Å². The number of nitrogens with two attached hydrogens (primary N) is 1. The summed E-state index contributed by atoms with van der Waals surface area (Å²) in [7, 11) is 4.26. The highest BCUT2D eigenvalue weighted by atomic mass is 16.1. The molecule has 5 heteroatoms. The minimum Gasteiger partial charge on any atom is -0.397 e. The lowest BCUT2D eigenvalue weighted by Crippen LogP contribution is -2.37. The molecule has 5 nitrogen and oxygen atoms in total. The van der Waals surface area contributed by atoms with Crippen LogP contribution in [-0.2, 0) is 11.2 Å². The maximum atomic E-state index is 11.6. The van der Waals surface area contributed by atoms with Crippen molar-refractivity contribution in [2.75, 3.05) is 43.1 Å². The third-order valence-electron chi connectivity index (χ3n) is 4.72. The monoisotopic (exact) mass is 288 g/mol. The van der Waals surface area contributed by atoms with Gasteiger partial charge in [-0.05, 0) is 50.6 Å². The first-order valence-electron chi connectivity index (χ1n) is 7.68. The van der Waals surface area contributed by atoms with Crippen LogP contribution in [0.2, 0.25) is 0 Å². The highest BCUT2D eigenvalue weighted by molar-refractivity contribution is 5.95. The largest absolute Gasteiger partial charge is 0.397 e. The van der Waals surface area contributed by atoms with Gasteiger partial charge in [0.25, 0.3) is 0 Å². The van der Waals surface area contributed by atoms with Gasteiger partial charge >= 0.3 is 0 Å². The number of carbonyl (C=O) groups excluding carboxylic acids is 1. The summed E-state index contributed by atoms with van der Waals surface area (Å²) in [6.07, 6.45) is 3.84. The first-order chi connectivity index (χ1) is 10.0. The van der Waals surface area contributed by atoms with Crippen LogP contribution < -0.4 is 16.0 Å². The van der Waals surface area contributed by atoms with Crippen LogP contribution in [0.3, 0.4) is 0 Å². The number of hydrogen-bond acceptors (Lipinski definition) is 4. The van der Waals surface area contributed by atoms with Gasteiger partial charge in [-0.25, -0.2) is 0 Å². The maximum absolute atomic E-state index is 11.6. The van der Waals surface area contributed by atoms with Crippen LogP contribution in [0.15, 0.2) is 12.1 Å². The van der Waals surface area contributed by atoms with E-state index < -0.39 is 0 Å². The molecule has 0 aromatic heterocycles. The second-order valence-electron chi connectivity index (χ2n) is 6.27. The van der Waals surface area contributed by atoms with Gasteiger partial charge in [-0.1, -0.05) is 0 Å². The molecule has 0 bridgehead atoms. The Hall–Kier alpha value is -1.75. The molecule has 1 saturated heterocycles. The fourth-order valence-corrected chi connectivity index (χ4v) is 3.39. The number of aryl methyl sites for hydroxylation is 1. The Kier molecular flexibility index (Phi) is 3.76. The van der Waals surface area contributed by atoms with Crippen LogP contribution in [0.25, 0.3) is 0 Å². The van der Waals surface area contributed by atoms with Crippen LogP contribution >= 0.6 is 0 Å². The molecule has 1 aromatic rings.